The van der Waals surface area contributed by atoms with E-state index in [0.29, 0.717) is 12.0 Å². The molecule has 5 heteroatoms. The van der Waals surface area contributed by atoms with Gasteiger partial charge in [-0.2, -0.15) is 0 Å². The van der Waals surface area contributed by atoms with Gasteiger partial charge in [0.05, 0.1) is 24.8 Å². The van der Waals surface area contributed by atoms with Crippen LogP contribution in [0.1, 0.15) is 35.3 Å². The van der Waals surface area contributed by atoms with Crippen molar-refractivity contribution >= 4 is 18.4 Å². The van der Waals surface area contributed by atoms with Gasteiger partial charge < -0.3 is 15.6 Å². The zero-order valence-electron chi connectivity index (χ0n) is 9.92. The minimum absolute atomic E-state index is 0. The van der Waals surface area contributed by atoms with Gasteiger partial charge in [-0.05, 0) is 24.1 Å². The molecule has 0 saturated heterocycles. The molecule has 0 radical (unpaired) electrons. The van der Waals surface area contributed by atoms with Crippen LogP contribution in [0.15, 0.2) is 24.3 Å². The number of ether oxygens (including phenoxy) is 1. The quantitative estimate of drug-likeness (QED) is 0.807. The highest BCUT2D eigenvalue weighted by molar-refractivity contribution is 5.89. The molecule has 17 heavy (non-hydrogen) atoms. The molecule has 0 fully saturated rings. The fourth-order valence-corrected chi connectivity index (χ4v) is 1.47. The third kappa shape index (κ3) is 4.00. The van der Waals surface area contributed by atoms with Gasteiger partial charge in [0.15, 0.2) is 0 Å². The lowest BCUT2D eigenvalue weighted by molar-refractivity contribution is 0.0600. The monoisotopic (exact) mass is 259 g/mol. The van der Waals surface area contributed by atoms with Crippen LogP contribution in [-0.2, 0) is 4.74 Å². The maximum absolute atomic E-state index is 11.3. The summed E-state index contributed by atoms with van der Waals surface area (Å²) in [6.07, 6.45) is -0.0308. The summed E-state index contributed by atoms with van der Waals surface area (Å²) in [6.45, 7) is 1.86. The van der Waals surface area contributed by atoms with Crippen LogP contribution >= 0.6 is 12.4 Å². The highest BCUT2D eigenvalue weighted by Gasteiger charge is 2.16. The summed E-state index contributed by atoms with van der Waals surface area (Å²) in [5.41, 5.74) is 7.03. The molecule has 0 aliphatic heterocycles. The van der Waals surface area contributed by atoms with Crippen molar-refractivity contribution in [3.63, 3.8) is 0 Å². The van der Waals surface area contributed by atoms with Gasteiger partial charge >= 0.3 is 5.97 Å². The lowest BCUT2D eigenvalue weighted by Gasteiger charge is -2.17. The number of esters is 1. The van der Waals surface area contributed by atoms with Gasteiger partial charge in [-0.15, -0.1) is 12.4 Å². The fourth-order valence-electron chi connectivity index (χ4n) is 1.47. The number of halogens is 1. The van der Waals surface area contributed by atoms with Gasteiger partial charge in [0, 0.05) is 0 Å². The first kappa shape index (κ1) is 15.9. The Morgan fingerprint density at radius 1 is 1.53 bits per heavy atom. The number of aliphatic hydroxyl groups excluding tert-OH is 1. The van der Waals surface area contributed by atoms with E-state index >= 15 is 0 Å². The number of hydrogen-bond donors (Lipinski definition) is 2. The second kappa shape index (κ2) is 7.27. The van der Waals surface area contributed by atoms with E-state index in [1.807, 2.05) is 6.92 Å². The van der Waals surface area contributed by atoms with Gasteiger partial charge in [-0.25, -0.2) is 4.79 Å². The van der Waals surface area contributed by atoms with Crippen LogP contribution in [0.4, 0.5) is 0 Å². The minimum Gasteiger partial charge on any atom is -0.465 e. The Morgan fingerprint density at radius 2 is 2.18 bits per heavy atom. The van der Waals surface area contributed by atoms with Crippen molar-refractivity contribution < 1.29 is 14.6 Å². The number of hydrogen-bond acceptors (Lipinski definition) is 4. The second-order valence-corrected chi connectivity index (χ2v) is 3.62. The third-order valence-electron chi connectivity index (χ3n) is 2.53. The molecule has 0 heterocycles. The number of rotatable bonds is 4. The molecule has 0 spiro atoms. The van der Waals surface area contributed by atoms with Crippen LogP contribution in [0, 0.1) is 0 Å². The van der Waals surface area contributed by atoms with Crippen molar-refractivity contribution in [2.24, 2.45) is 5.73 Å². The van der Waals surface area contributed by atoms with Gasteiger partial charge in [0.1, 0.15) is 0 Å². The summed E-state index contributed by atoms with van der Waals surface area (Å²) in [6, 6.07) is 6.34. The average Bonchev–Trinajstić information content (AvgIpc) is 2.36. The molecule has 4 nitrogen and oxygen atoms in total. The summed E-state index contributed by atoms with van der Waals surface area (Å²) < 4.78 is 4.62. The summed E-state index contributed by atoms with van der Waals surface area (Å²) >= 11 is 0. The Balaban J connectivity index is 0.00000256. The SMILES string of the molecule is CC[C@@H](O)[C@@H](N)c1cccc(C(=O)OC)c1.Cl. The predicted molar refractivity (Wildman–Crippen MR) is 68.3 cm³/mol. The molecule has 1 aromatic rings. The Morgan fingerprint density at radius 3 is 2.71 bits per heavy atom. The Kier molecular flexibility index (Phi) is 6.80. The maximum Gasteiger partial charge on any atom is 0.337 e. The van der Waals surface area contributed by atoms with Crippen LogP contribution in [0.25, 0.3) is 0 Å². The molecule has 0 bridgehead atoms. The van der Waals surface area contributed by atoms with Crippen molar-refractivity contribution in [3.8, 4) is 0 Å². The van der Waals surface area contributed by atoms with Gasteiger partial charge in [-0.1, -0.05) is 19.1 Å². The molecular weight excluding hydrogens is 242 g/mol. The molecule has 0 aliphatic carbocycles. The van der Waals surface area contributed by atoms with Crippen LogP contribution in [0.2, 0.25) is 0 Å². The normalized spacial score (nSPS) is 13.4. The van der Waals surface area contributed by atoms with Crippen molar-refractivity contribution in [1.29, 1.82) is 0 Å². The smallest absolute Gasteiger partial charge is 0.337 e. The van der Waals surface area contributed by atoms with Gasteiger partial charge in [0.25, 0.3) is 0 Å². The molecule has 0 amide bonds. The zero-order valence-corrected chi connectivity index (χ0v) is 10.7. The Hall–Kier alpha value is -1.10. The first-order valence-electron chi connectivity index (χ1n) is 5.22. The van der Waals surface area contributed by atoms with Crippen LogP contribution in [-0.4, -0.2) is 24.3 Å². The minimum atomic E-state index is -0.604. The lowest BCUT2D eigenvalue weighted by Crippen LogP contribution is -2.25. The Labute approximate surface area is 107 Å². The average molecular weight is 260 g/mol. The van der Waals surface area contributed by atoms with E-state index in [2.05, 4.69) is 4.74 Å². The lowest BCUT2D eigenvalue weighted by atomic mass is 9.99. The van der Waals surface area contributed by atoms with Crippen molar-refractivity contribution in [2.75, 3.05) is 7.11 Å². The number of carbonyl (C=O) groups is 1. The predicted octanol–water partition coefficient (Wildman–Crippen LogP) is 1.67. The van der Waals surface area contributed by atoms with Crippen molar-refractivity contribution in [1.82, 2.24) is 0 Å². The zero-order chi connectivity index (χ0) is 12.1. The van der Waals surface area contributed by atoms with E-state index in [4.69, 9.17) is 5.73 Å². The molecule has 1 rings (SSSR count). The van der Waals surface area contributed by atoms with Crippen LogP contribution in [0.5, 0.6) is 0 Å². The molecular formula is C12H18ClNO3. The van der Waals surface area contributed by atoms with E-state index in [9.17, 15) is 9.90 Å². The second-order valence-electron chi connectivity index (χ2n) is 3.62. The standard InChI is InChI=1S/C12H17NO3.ClH/c1-3-10(14)11(13)8-5-4-6-9(7-8)12(15)16-2;/h4-7,10-11,14H,3,13H2,1-2H3;1H/t10-,11+;/m1./s1. The number of aliphatic hydroxyl groups is 1. The molecule has 3 N–H and O–H groups in total. The summed E-state index contributed by atoms with van der Waals surface area (Å²) in [7, 11) is 1.33. The first-order valence-corrected chi connectivity index (χ1v) is 5.22. The third-order valence-corrected chi connectivity index (χ3v) is 2.53. The summed E-state index contributed by atoms with van der Waals surface area (Å²) in [5.74, 6) is -0.403. The van der Waals surface area contributed by atoms with Gasteiger partial charge in [-0.3, -0.25) is 0 Å². The van der Waals surface area contributed by atoms with Crippen LogP contribution in [0.3, 0.4) is 0 Å². The van der Waals surface area contributed by atoms with Gasteiger partial charge in [0.2, 0.25) is 0 Å². The largest absolute Gasteiger partial charge is 0.465 e. The first-order chi connectivity index (χ1) is 7.60. The van der Waals surface area contributed by atoms with Crippen molar-refractivity contribution in [3.05, 3.63) is 35.4 Å². The number of carbonyl (C=O) groups excluding carboxylic acids is 1. The highest BCUT2D eigenvalue weighted by Crippen LogP contribution is 2.18. The van der Waals surface area contributed by atoms with E-state index < -0.39 is 18.1 Å². The van der Waals surface area contributed by atoms with Crippen LogP contribution < -0.4 is 5.73 Å². The van der Waals surface area contributed by atoms with E-state index in [0.717, 1.165) is 5.56 Å². The molecule has 96 valence electrons. The van der Waals surface area contributed by atoms with E-state index in [-0.39, 0.29) is 12.4 Å². The Bertz CT molecular complexity index is 371. The van der Waals surface area contributed by atoms with Crippen molar-refractivity contribution in [2.45, 2.75) is 25.5 Å². The molecule has 0 unspecified atom stereocenters. The number of methoxy groups -OCH3 is 1. The maximum atomic E-state index is 11.3. The molecule has 2 atom stereocenters. The molecule has 0 aromatic heterocycles. The number of nitrogens with two attached hydrogens (primary N) is 1. The highest BCUT2D eigenvalue weighted by atomic mass is 35.5. The number of benzene rings is 1. The molecule has 1 aromatic carbocycles. The summed E-state index contributed by atoms with van der Waals surface area (Å²) in [4.78, 5) is 11.3. The topological polar surface area (TPSA) is 72.5 Å². The molecule has 0 aliphatic rings. The summed E-state index contributed by atoms with van der Waals surface area (Å²) in [5, 5.41) is 9.63. The molecule has 0 saturated carbocycles. The fraction of sp³-hybridized carbons (Fsp3) is 0.417. The van der Waals surface area contributed by atoms with E-state index in [1.54, 1.807) is 24.3 Å². The van der Waals surface area contributed by atoms with E-state index in [1.165, 1.54) is 7.11 Å².